The van der Waals surface area contributed by atoms with E-state index < -0.39 is 0 Å². The van der Waals surface area contributed by atoms with E-state index in [1.807, 2.05) is 6.92 Å². The first-order valence-corrected chi connectivity index (χ1v) is 7.30. The summed E-state index contributed by atoms with van der Waals surface area (Å²) < 4.78 is 13.8. The standard InChI is InChI=1S/C15H21ClFNO/c1-11(19)9-12-5-2-3-8-18(12)10-13-14(16)6-4-7-15(13)17/h4,6-7,11-12,19H,2-3,5,8-10H2,1H3. The van der Waals surface area contributed by atoms with Gasteiger partial charge in [-0.2, -0.15) is 0 Å². The first kappa shape index (κ1) is 14.8. The van der Waals surface area contributed by atoms with Crippen LogP contribution in [0.1, 0.15) is 38.2 Å². The normalized spacial score (nSPS) is 22.4. The molecule has 0 amide bonds. The molecule has 1 heterocycles. The van der Waals surface area contributed by atoms with Crippen molar-refractivity contribution < 1.29 is 9.50 Å². The zero-order chi connectivity index (χ0) is 13.8. The van der Waals surface area contributed by atoms with Gasteiger partial charge in [0.1, 0.15) is 5.82 Å². The fourth-order valence-corrected chi connectivity index (χ4v) is 3.04. The molecule has 106 valence electrons. The summed E-state index contributed by atoms with van der Waals surface area (Å²) in [7, 11) is 0. The molecular formula is C15H21ClFNO. The van der Waals surface area contributed by atoms with Gasteiger partial charge in [0.25, 0.3) is 0 Å². The van der Waals surface area contributed by atoms with Gasteiger partial charge in [-0.3, -0.25) is 4.90 Å². The number of piperidine rings is 1. The van der Waals surface area contributed by atoms with Crippen LogP contribution < -0.4 is 0 Å². The highest BCUT2D eigenvalue weighted by atomic mass is 35.5. The first-order valence-electron chi connectivity index (χ1n) is 6.93. The van der Waals surface area contributed by atoms with Crippen molar-refractivity contribution in [1.82, 2.24) is 4.90 Å². The monoisotopic (exact) mass is 285 g/mol. The Bertz CT molecular complexity index is 404. The average molecular weight is 286 g/mol. The van der Waals surface area contributed by atoms with Gasteiger partial charge in [0.15, 0.2) is 0 Å². The molecule has 4 heteroatoms. The van der Waals surface area contributed by atoms with E-state index in [1.165, 1.54) is 12.5 Å². The molecule has 2 nitrogen and oxygen atoms in total. The van der Waals surface area contributed by atoms with Crippen molar-refractivity contribution in [3.8, 4) is 0 Å². The van der Waals surface area contributed by atoms with Crippen LogP contribution in [0.15, 0.2) is 18.2 Å². The van der Waals surface area contributed by atoms with Gasteiger partial charge in [-0.05, 0) is 44.9 Å². The van der Waals surface area contributed by atoms with Crippen LogP contribution in [0.25, 0.3) is 0 Å². The van der Waals surface area contributed by atoms with Crippen LogP contribution in [0, 0.1) is 5.82 Å². The third kappa shape index (κ3) is 3.91. The fourth-order valence-electron chi connectivity index (χ4n) is 2.82. The Hall–Kier alpha value is -0.640. The minimum absolute atomic E-state index is 0.242. The fraction of sp³-hybridized carbons (Fsp3) is 0.600. The smallest absolute Gasteiger partial charge is 0.129 e. The molecule has 0 aromatic heterocycles. The minimum atomic E-state index is -0.318. The molecule has 1 N–H and O–H groups in total. The molecular weight excluding hydrogens is 265 g/mol. The lowest BCUT2D eigenvalue weighted by molar-refractivity contribution is 0.0810. The quantitative estimate of drug-likeness (QED) is 0.914. The Balaban J connectivity index is 2.11. The second-order valence-electron chi connectivity index (χ2n) is 5.41. The van der Waals surface area contributed by atoms with E-state index in [0.717, 1.165) is 25.8 Å². The number of hydrogen-bond donors (Lipinski definition) is 1. The van der Waals surface area contributed by atoms with Gasteiger partial charge < -0.3 is 5.11 Å². The predicted octanol–water partition coefficient (Wildman–Crippen LogP) is 3.60. The zero-order valence-electron chi connectivity index (χ0n) is 11.3. The lowest BCUT2D eigenvalue weighted by Gasteiger charge is -2.36. The van der Waals surface area contributed by atoms with E-state index in [0.29, 0.717) is 23.2 Å². The number of hydrogen-bond acceptors (Lipinski definition) is 2. The Morgan fingerprint density at radius 3 is 2.95 bits per heavy atom. The Morgan fingerprint density at radius 1 is 1.47 bits per heavy atom. The number of rotatable bonds is 4. The molecule has 19 heavy (non-hydrogen) atoms. The van der Waals surface area contributed by atoms with Crippen LogP contribution in [-0.2, 0) is 6.54 Å². The second kappa shape index (κ2) is 6.69. The van der Waals surface area contributed by atoms with Gasteiger partial charge in [-0.25, -0.2) is 4.39 Å². The van der Waals surface area contributed by atoms with Crippen LogP contribution in [-0.4, -0.2) is 28.7 Å². The van der Waals surface area contributed by atoms with Crippen molar-refractivity contribution in [1.29, 1.82) is 0 Å². The van der Waals surface area contributed by atoms with Crippen molar-refractivity contribution in [2.75, 3.05) is 6.54 Å². The molecule has 1 fully saturated rings. The van der Waals surface area contributed by atoms with Crippen molar-refractivity contribution in [3.05, 3.63) is 34.6 Å². The van der Waals surface area contributed by atoms with Gasteiger partial charge >= 0.3 is 0 Å². The minimum Gasteiger partial charge on any atom is -0.393 e. The molecule has 0 radical (unpaired) electrons. The van der Waals surface area contributed by atoms with E-state index in [1.54, 1.807) is 12.1 Å². The average Bonchev–Trinajstić information content (AvgIpc) is 2.35. The summed E-state index contributed by atoms with van der Waals surface area (Å²) in [6.45, 7) is 3.29. The Morgan fingerprint density at radius 2 is 2.26 bits per heavy atom. The van der Waals surface area contributed by atoms with Gasteiger partial charge in [0.2, 0.25) is 0 Å². The van der Waals surface area contributed by atoms with E-state index in [-0.39, 0.29) is 11.9 Å². The first-order chi connectivity index (χ1) is 9.08. The van der Waals surface area contributed by atoms with Crippen LogP contribution in [0.4, 0.5) is 4.39 Å². The van der Waals surface area contributed by atoms with Gasteiger partial charge in [-0.1, -0.05) is 24.1 Å². The second-order valence-corrected chi connectivity index (χ2v) is 5.81. The number of aliphatic hydroxyl groups excluding tert-OH is 1. The Labute approximate surface area is 119 Å². The van der Waals surface area contributed by atoms with E-state index in [4.69, 9.17) is 11.6 Å². The maximum absolute atomic E-state index is 13.8. The maximum atomic E-state index is 13.8. The molecule has 1 saturated heterocycles. The summed E-state index contributed by atoms with van der Waals surface area (Å²) in [5.74, 6) is -0.242. The van der Waals surface area contributed by atoms with E-state index >= 15 is 0 Å². The van der Waals surface area contributed by atoms with Crippen molar-refractivity contribution >= 4 is 11.6 Å². The van der Waals surface area contributed by atoms with E-state index in [9.17, 15) is 9.50 Å². The topological polar surface area (TPSA) is 23.5 Å². The number of halogens is 2. The van der Waals surface area contributed by atoms with Gasteiger partial charge in [-0.15, -0.1) is 0 Å². The van der Waals surface area contributed by atoms with Crippen LogP contribution in [0.3, 0.4) is 0 Å². The molecule has 0 aliphatic carbocycles. The predicted molar refractivity (Wildman–Crippen MR) is 75.8 cm³/mol. The van der Waals surface area contributed by atoms with E-state index in [2.05, 4.69) is 4.90 Å². The summed E-state index contributed by atoms with van der Waals surface area (Å²) in [6.07, 6.45) is 3.80. The molecule has 2 atom stereocenters. The van der Waals surface area contributed by atoms with Crippen molar-refractivity contribution in [2.24, 2.45) is 0 Å². The van der Waals surface area contributed by atoms with Crippen LogP contribution in [0.2, 0.25) is 5.02 Å². The third-order valence-electron chi connectivity index (χ3n) is 3.79. The summed E-state index contributed by atoms with van der Waals surface area (Å²) >= 11 is 6.09. The van der Waals surface area contributed by atoms with Gasteiger partial charge in [0.05, 0.1) is 6.10 Å². The molecule has 2 rings (SSSR count). The third-order valence-corrected chi connectivity index (χ3v) is 4.14. The summed E-state index contributed by atoms with van der Waals surface area (Å²) in [5.41, 5.74) is 0.571. The molecule has 1 aliphatic heterocycles. The molecule has 0 saturated carbocycles. The largest absolute Gasteiger partial charge is 0.393 e. The summed E-state index contributed by atoms with van der Waals surface area (Å²) in [4.78, 5) is 2.25. The van der Waals surface area contributed by atoms with Crippen LogP contribution in [0.5, 0.6) is 0 Å². The van der Waals surface area contributed by atoms with Crippen molar-refractivity contribution in [3.63, 3.8) is 0 Å². The lowest BCUT2D eigenvalue weighted by Crippen LogP contribution is -2.40. The summed E-state index contributed by atoms with van der Waals surface area (Å²) in [5, 5.41) is 10.1. The number of nitrogens with zero attached hydrogens (tertiary/aromatic N) is 1. The molecule has 0 bridgehead atoms. The highest BCUT2D eigenvalue weighted by Gasteiger charge is 2.25. The number of benzene rings is 1. The highest BCUT2D eigenvalue weighted by Crippen LogP contribution is 2.26. The Kier molecular flexibility index (Phi) is 5.20. The molecule has 0 spiro atoms. The number of likely N-dealkylation sites (tertiary alicyclic amines) is 1. The van der Waals surface area contributed by atoms with Crippen LogP contribution >= 0.6 is 11.6 Å². The lowest BCUT2D eigenvalue weighted by atomic mass is 9.96. The molecule has 1 aromatic carbocycles. The van der Waals surface area contributed by atoms with Gasteiger partial charge in [0, 0.05) is 23.2 Å². The van der Waals surface area contributed by atoms with Crippen molar-refractivity contribution in [2.45, 2.75) is 51.3 Å². The molecule has 2 unspecified atom stereocenters. The zero-order valence-corrected chi connectivity index (χ0v) is 12.0. The SMILES string of the molecule is CC(O)CC1CCCCN1Cc1c(F)cccc1Cl. The summed E-state index contributed by atoms with van der Waals surface area (Å²) in [6, 6.07) is 5.14. The molecule has 1 aliphatic rings. The highest BCUT2D eigenvalue weighted by molar-refractivity contribution is 6.31. The maximum Gasteiger partial charge on any atom is 0.129 e. The molecule has 1 aromatic rings. The number of aliphatic hydroxyl groups is 1.